The largest absolute Gasteiger partial charge is 0.449 e. The number of nitrogens with zero attached hydrogens (tertiary/aromatic N) is 4. The molecule has 0 heterocycles. The van der Waals surface area contributed by atoms with Crippen LogP contribution in [0.2, 0.25) is 0 Å². The Balaban J connectivity index is -0.000000951. The SMILES string of the molecule is CC.CC.CC.CN(CC(O)CO)CC(O)CO.Cc1c(C)c(C=O)c(C)c(NC(=O)OCCCOC(=O)Nc2c(C)c(C(=O)N(CC(O)CO)CC(O)CO)c(C)c(C(=O)N(CC(O)CO)CC(O)CO)c2C)c1C.O=CN(CC(O)CO)CC(O)CO. The predicted molar refractivity (Wildman–Crippen MR) is 332 cm³/mol. The number of anilines is 2. The number of aliphatic hydroxyl groups is 16. The summed E-state index contributed by atoms with van der Waals surface area (Å²) in [6.45, 7) is 17.0. The van der Waals surface area contributed by atoms with Crippen molar-refractivity contribution in [2.24, 2.45) is 0 Å². The summed E-state index contributed by atoms with van der Waals surface area (Å²) < 4.78 is 10.6. The zero-order chi connectivity index (χ0) is 69.8. The Morgan fingerprint density at radius 2 is 0.685 bits per heavy atom. The smallest absolute Gasteiger partial charge is 0.411 e. The molecule has 89 heavy (non-hydrogen) atoms. The van der Waals surface area contributed by atoms with Crippen molar-refractivity contribution in [2.75, 3.05) is 136 Å². The third kappa shape index (κ3) is 33.3. The number of rotatable bonds is 34. The van der Waals surface area contributed by atoms with Crippen molar-refractivity contribution in [3.8, 4) is 0 Å². The minimum Gasteiger partial charge on any atom is -0.449 e. The third-order valence-corrected chi connectivity index (χ3v) is 12.8. The minimum atomic E-state index is -1.46. The standard InChI is InChI=1S/C39H58N4O15.C7H15NO5.C7H17NO4.3C2H6/c1-20-21(2)31(19-48)23(4)34(22(20)3)40-38(55)57-9-8-10-58-39(56)41-35-25(6)32(36(53)42(11-27(49)15-44)12-28(50)16-45)24(5)33(26(35)7)37(54)43(13-29(51)17-46)14-30(52)18-47;9-3-6(12)1-8(5-11)2-7(13)4-10;1-8(2-6(11)4-9)3-7(12)5-10;3*1-2/h19,27-30,44-47,49-52H,8-18H2,1-7H3,(H,40,55)(H,41,56);5-7,9-10,12-13H,1-4H2;6-7,9-12H,2-5H2,1H3;3*1-2H3. The summed E-state index contributed by atoms with van der Waals surface area (Å²) in [7, 11) is 1.69. The number of aliphatic hydroxyl groups excluding tert-OH is 16. The molecule has 0 aliphatic carbocycles. The van der Waals surface area contributed by atoms with E-state index < -0.39 is 139 Å². The highest BCUT2D eigenvalue weighted by atomic mass is 16.6. The Labute approximate surface area is 523 Å². The fraction of sp³-hybridized carbons (Fsp3) is 0.695. The second kappa shape index (κ2) is 51.0. The van der Waals surface area contributed by atoms with Crippen LogP contribution < -0.4 is 10.6 Å². The van der Waals surface area contributed by atoms with E-state index in [2.05, 4.69) is 10.6 Å². The van der Waals surface area contributed by atoms with Gasteiger partial charge in [0.15, 0.2) is 6.29 Å². The molecule has 0 aliphatic heterocycles. The quantitative estimate of drug-likeness (QED) is 0.0266. The molecule has 518 valence electrons. The van der Waals surface area contributed by atoms with E-state index >= 15 is 0 Å². The molecule has 0 fully saturated rings. The van der Waals surface area contributed by atoms with E-state index in [0.717, 1.165) is 37.7 Å². The molecule has 0 bridgehead atoms. The number of likely N-dealkylation sites (N-methyl/N-ethyl adjacent to an activating group) is 1. The number of benzene rings is 2. The Bertz CT molecular complexity index is 2200. The van der Waals surface area contributed by atoms with Gasteiger partial charge in [0, 0.05) is 75.5 Å². The first-order valence-electron chi connectivity index (χ1n) is 29.4. The maximum Gasteiger partial charge on any atom is 0.411 e. The molecule has 0 saturated carbocycles. The second-order valence-electron chi connectivity index (χ2n) is 19.7. The Morgan fingerprint density at radius 1 is 0.404 bits per heavy atom. The Kier molecular flexibility index (Phi) is 51.5. The first kappa shape index (κ1) is 89.8. The van der Waals surface area contributed by atoms with Crippen molar-refractivity contribution in [3.05, 3.63) is 55.6 Å². The number of carbonyl (C=O) groups excluding carboxylic acids is 6. The van der Waals surface area contributed by atoms with Crippen molar-refractivity contribution in [3.63, 3.8) is 0 Å². The fourth-order valence-electron chi connectivity index (χ4n) is 8.22. The van der Waals surface area contributed by atoms with E-state index in [1.165, 1.54) is 20.8 Å². The second-order valence-corrected chi connectivity index (χ2v) is 19.7. The highest BCUT2D eigenvalue weighted by Crippen LogP contribution is 2.34. The molecule has 0 spiro atoms. The van der Waals surface area contributed by atoms with Crippen LogP contribution in [0, 0.1) is 48.5 Å². The molecular weight excluding hydrogens is 1180 g/mol. The Morgan fingerprint density at radius 3 is 0.966 bits per heavy atom. The Hall–Kier alpha value is -5.62. The van der Waals surface area contributed by atoms with Crippen LogP contribution in [-0.2, 0) is 14.3 Å². The van der Waals surface area contributed by atoms with Crippen LogP contribution in [0.25, 0.3) is 0 Å². The van der Waals surface area contributed by atoms with Gasteiger partial charge < -0.3 is 111 Å². The van der Waals surface area contributed by atoms with Crippen LogP contribution in [0.1, 0.15) is 118 Å². The predicted octanol–water partition coefficient (Wildman–Crippen LogP) is -2.00. The molecule has 30 nitrogen and oxygen atoms in total. The molecule has 0 aliphatic rings. The number of ether oxygens (including phenoxy) is 2. The van der Waals surface area contributed by atoms with E-state index in [0.29, 0.717) is 23.2 Å². The van der Waals surface area contributed by atoms with Crippen LogP contribution in [-0.4, -0.2) is 312 Å². The van der Waals surface area contributed by atoms with Gasteiger partial charge >= 0.3 is 12.2 Å². The zero-order valence-electron chi connectivity index (χ0n) is 54.4. The van der Waals surface area contributed by atoms with Gasteiger partial charge in [-0.3, -0.25) is 29.8 Å². The number of aldehydes is 1. The van der Waals surface area contributed by atoms with E-state index in [-0.39, 0.29) is 92.5 Å². The molecule has 2 rings (SSSR count). The minimum absolute atomic E-state index is 0.0388. The molecular formula is C59H108N6O24. The topological polar surface area (TPSA) is 482 Å². The highest BCUT2D eigenvalue weighted by Gasteiger charge is 2.33. The van der Waals surface area contributed by atoms with Crippen LogP contribution in [0.15, 0.2) is 0 Å². The molecule has 2 aromatic rings. The molecule has 8 atom stereocenters. The van der Waals surface area contributed by atoms with E-state index in [4.69, 9.17) is 50.3 Å². The van der Waals surface area contributed by atoms with Crippen molar-refractivity contribution < 1.29 is 120 Å². The van der Waals surface area contributed by atoms with Crippen molar-refractivity contribution in [2.45, 2.75) is 145 Å². The van der Waals surface area contributed by atoms with Gasteiger partial charge in [-0.15, -0.1) is 0 Å². The molecule has 5 amide bonds. The fourth-order valence-corrected chi connectivity index (χ4v) is 8.22. The van der Waals surface area contributed by atoms with Gasteiger partial charge in [0.2, 0.25) is 6.41 Å². The van der Waals surface area contributed by atoms with Gasteiger partial charge in [-0.1, -0.05) is 41.5 Å². The number of amides is 5. The third-order valence-electron chi connectivity index (χ3n) is 12.8. The summed E-state index contributed by atoms with van der Waals surface area (Å²) in [4.78, 5) is 80.9. The van der Waals surface area contributed by atoms with Gasteiger partial charge in [0.05, 0.1) is 126 Å². The average molecular weight is 1290 g/mol. The van der Waals surface area contributed by atoms with Gasteiger partial charge in [-0.2, -0.15) is 0 Å². The number of nitrogens with one attached hydrogen (secondary N) is 2. The summed E-state index contributed by atoms with van der Waals surface area (Å²) in [5, 5.41) is 154. The molecule has 0 aromatic heterocycles. The number of hydrogen-bond acceptors (Lipinski definition) is 25. The van der Waals surface area contributed by atoms with Crippen LogP contribution >= 0.6 is 0 Å². The summed E-state index contributed by atoms with van der Waals surface area (Å²) in [5.74, 6) is -1.75. The maximum absolute atomic E-state index is 14.2. The lowest BCUT2D eigenvalue weighted by molar-refractivity contribution is -0.121. The number of carbonyl (C=O) groups is 6. The van der Waals surface area contributed by atoms with Crippen LogP contribution in [0.5, 0.6) is 0 Å². The first-order valence-corrected chi connectivity index (χ1v) is 29.4. The molecule has 8 unspecified atom stereocenters. The van der Waals surface area contributed by atoms with Gasteiger partial charge in [-0.05, 0) is 94.5 Å². The summed E-state index contributed by atoms with van der Waals surface area (Å²) in [6, 6.07) is 0. The summed E-state index contributed by atoms with van der Waals surface area (Å²) in [6.07, 6.45) is -10.1. The molecule has 0 saturated heterocycles. The van der Waals surface area contributed by atoms with Gasteiger partial charge in [0.1, 0.15) is 0 Å². The van der Waals surface area contributed by atoms with Crippen LogP contribution in [0.3, 0.4) is 0 Å². The summed E-state index contributed by atoms with van der Waals surface area (Å²) >= 11 is 0. The monoisotopic (exact) mass is 1280 g/mol. The molecule has 2 aromatic carbocycles. The van der Waals surface area contributed by atoms with Crippen LogP contribution in [0.4, 0.5) is 21.0 Å². The molecule has 0 radical (unpaired) electrons. The normalized spacial score (nSPS) is 13.2. The lowest BCUT2D eigenvalue weighted by atomic mass is 9.89. The molecule has 30 heteroatoms. The summed E-state index contributed by atoms with van der Waals surface area (Å²) in [5.41, 5.74) is 3.73. The maximum atomic E-state index is 14.2. The highest BCUT2D eigenvalue weighted by molar-refractivity contribution is 6.07. The van der Waals surface area contributed by atoms with E-state index in [1.807, 2.05) is 55.4 Å². The van der Waals surface area contributed by atoms with Crippen molar-refractivity contribution in [1.29, 1.82) is 0 Å². The lowest BCUT2D eigenvalue weighted by Gasteiger charge is -2.31. The lowest BCUT2D eigenvalue weighted by Crippen LogP contribution is -2.45. The van der Waals surface area contributed by atoms with Crippen molar-refractivity contribution in [1.82, 2.24) is 19.6 Å². The van der Waals surface area contributed by atoms with Gasteiger partial charge in [0.25, 0.3) is 11.8 Å². The zero-order valence-corrected chi connectivity index (χ0v) is 54.4. The molecule has 18 N–H and O–H groups in total. The van der Waals surface area contributed by atoms with Crippen molar-refractivity contribution >= 4 is 48.1 Å². The van der Waals surface area contributed by atoms with Gasteiger partial charge in [-0.25, -0.2) is 9.59 Å². The average Bonchev–Trinajstić information content (AvgIpc) is 2.03. The van der Waals surface area contributed by atoms with E-state index in [9.17, 15) is 69.6 Å². The van der Waals surface area contributed by atoms with E-state index in [1.54, 1.807) is 25.8 Å². The first-order chi connectivity index (χ1) is 42.0. The number of hydrogen-bond donors (Lipinski definition) is 18.